The summed E-state index contributed by atoms with van der Waals surface area (Å²) in [6, 6.07) is 11.2. The van der Waals surface area contributed by atoms with Crippen molar-refractivity contribution >= 4 is 0 Å². The monoisotopic (exact) mass is 256 g/mol. The normalized spacial score (nSPS) is 14.7. The van der Waals surface area contributed by atoms with E-state index in [1.807, 2.05) is 12.3 Å². The summed E-state index contributed by atoms with van der Waals surface area (Å²) in [6.45, 7) is 0.976. The molecular weight excluding hydrogens is 236 g/mol. The van der Waals surface area contributed by atoms with Gasteiger partial charge in [-0.2, -0.15) is 0 Å². The van der Waals surface area contributed by atoms with Gasteiger partial charge >= 0.3 is 0 Å². The molecule has 0 spiro atoms. The van der Waals surface area contributed by atoms with Gasteiger partial charge in [0.1, 0.15) is 5.76 Å². The number of rotatable bonds is 7. The van der Waals surface area contributed by atoms with Gasteiger partial charge in [0.15, 0.2) is 5.89 Å². The van der Waals surface area contributed by atoms with E-state index in [-0.39, 0.29) is 0 Å². The van der Waals surface area contributed by atoms with Crippen LogP contribution in [0.3, 0.4) is 0 Å². The molecule has 3 nitrogen and oxygen atoms in total. The van der Waals surface area contributed by atoms with Crippen LogP contribution in [0.5, 0.6) is 0 Å². The van der Waals surface area contributed by atoms with Crippen LogP contribution in [0.25, 0.3) is 0 Å². The average Bonchev–Trinajstić information content (AvgIpc) is 3.16. The summed E-state index contributed by atoms with van der Waals surface area (Å²) in [6.07, 6.45) is 7.35. The Hall–Kier alpha value is -1.61. The Kier molecular flexibility index (Phi) is 3.94. The SMILES string of the molecule is c1ccc(CCc2cnc(CCNC3CC3)o2)cc1. The summed E-state index contributed by atoms with van der Waals surface area (Å²) in [7, 11) is 0. The van der Waals surface area contributed by atoms with Gasteiger partial charge in [0, 0.05) is 25.4 Å². The lowest BCUT2D eigenvalue weighted by Crippen LogP contribution is -2.19. The number of oxazole rings is 1. The maximum atomic E-state index is 5.76. The molecule has 0 saturated heterocycles. The summed E-state index contributed by atoms with van der Waals surface area (Å²) in [4.78, 5) is 4.34. The molecule has 1 heterocycles. The second kappa shape index (κ2) is 6.02. The van der Waals surface area contributed by atoms with Gasteiger partial charge in [0.05, 0.1) is 6.20 Å². The van der Waals surface area contributed by atoms with Crippen molar-refractivity contribution < 1.29 is 4.42 Å². The lowest BCUT2D eigenvalue weighted by Gasteiger charge is -1.99. The number of hydrogen-bond donors (Lipinski definition) is 1. The molecule has 0 atom stereocenters. The fourth-order valence-corrected chi connectivity index (χ4v) is 2.16. The quantitative estimate of drug-likeness (QED) is 0.827. The van der Waals surface area contributed by atoms with E-state index < -0.39 is 0 Å². The molecule has 1 aromatic heterocycles. The topological polar surface area (TPSA) is 38.1 Å². The van der Waals surface area contributed by atoms with Crippen LogP contribution >= 0.6 is 0 Å². The van der Waals surface area contributed by atoms with Crippen molar-refractivity contribution in [1.82, 2.24) is 10.3 Å². The van der Waals surface area contributed by atoms with Gasteiger partial charge in [0.2, 0.25) is 0 Å². The first-order chi connectivity index (χ1) is 9.40. The number of aryl methyl sites for hydroxylation is 2. The van der Waals surface area contributed by atoms with Gasteiger partial charge in [-0.05, 0) is 24.8 Å². The number of benzene rings is 1. The third-order valence-corrected chi connectivity index (χ3v) is 3.45. The molecule has 0 aliphatic heterocycles. The van der Waals surface area contributed by atoms with Crippen LogP contribution in [0, 0.1) is 0 Å². The van der Waals surface area contributed by atoms with Gasteiger partial charge in [-0.25, -0.2) is 4.98 Å². The van der Waals surface area contributed by atoms with E-state index >= 15 is 0 Å². The minimum absolute atomic E-state index is 0.757. The Labute approximate surface area is 114 Å². The second-order valence-electron chi connectivity index (χ2n) is 5.18. The highest BCUT2D eigenvalue weighted by Gasteiger charge is 2.19. The van der Waals surface area contributed by atoms with Gasteiger partial charge in [-0.15, -0.1) is 0 Å². The molecule has 1 aromatic carbocycles. The van der Waals surface area contributed by atoms with Crippen molar-refractivity contribution in [3.05, 3.63) is 53.7 Å². The van der Waals surface area contributed by atoms with Crippen molar-refractivity contribution in [2.45, 2.75) is 38.1 Å². The first kappa shape index (κ1) is 12.4. The molecule has 0 radical (unpaired) electrons. The minimum Gasteiger partial charge on any atom is -0.446 e. The standard InChI is InChI=1S/C16H20N2O/c1-2-4-13(5-3-1)6-9-15-12-18-16(19-15)10-11-17-14-7-8-14/h1-5,12,14,17H,6-11H2. The van der Waals surface area contributed by atoms with Crippen molar-refractivity contribution in [2.24, 2.45) is 0 Å². The van der Waals surface area contributed by atoms with Gasteiger partial charge in [-0.3, -0.25) is 0 Å². The molecule has 1 N–H and O–H groups in total. The summed E-state index contributed by atoms with van der Waals surface area (Å²) in [5, 5.41) is 3.47. The molecule has 1 aliphatic rings. The molecule has 2 aromatic rings. The van der Waals surface area contributed by atoms with Crippen molar-refractivity contribution in [2.75, 3.05) is 6.54 Å². The maximum Gasteiger partial charge on any atom is 0.195 e. The van der Waals surface area contributed by atoms with Crippen LogP contribution in [-0.4, -0.2) is 17.6 Å². The van der Waals surface area contributed by atoms with Crippen molar-refractivity contribution in [3.8, 4) is 0 Å². The zero-order chi connectivity index (χ0) is 12.9. The van der Waals surface area contributed by atoms with Crippen molar-refractivity contribution in [1.29, 1.82) is 0 Å². The Morgan fingerprint density at radius 2 is 1.95 bits per heavy atom. The molecule has 0 unspecified atom stereocenters. The molecular formula is C16H20N2O. The summed E-state index contributed by atoms with van der Waals surface area (Å²) < 4.78 is 5.76. The van der Waals surface area contributed by atoms with E-state index in [1.165, 1.54) is 18.4 Å². The van der Waals surface area contributed by atoms with Crippen LogP contribution in [0.4, 0.5) is 0 Å². The first-order valence-electron chi connectivity index (χ1n) is 7.11. The second-order valence-corrected chi connectivity index (χ2v) is 5.18. The van der Waals surface area contributed by atoms with Gasteiger partial charge in [-0.1, -0.05) is 30.3 Å². The lowest BCUT2D eigenvalue weighted by molar-refractivity contribution is 0.447. The summed E-state index contributed by atoms with van der Waals surface area (Å²) in [5.74, 6) is 1.85. The number of nitrogens with zero attached hydrogens (tertiary/aromatic N) is 1. The van der Waals surface area contributed by atoms with Crippen LogP contribution in [0.1, 0.15) is 30.1 Å². The third-order valence-electron chi connectivity index (χ3n) is 3.45. The Bertz CT molecular complexity index is 502. The molecule has 100 valence electrons. The van der Waals surface area contributed by atoms with Crippen LogP contribution in [0.2, 0.25) is 0 Å². The first-order valence-corrected chi connectivity index (χ1v) is 7.11. The minimum atomic E-state index is 0.757. The molecule has 0 bridgehead atoms. The van der Waals surface area contributed by atoms with E-state index in [2.05, 4.69) is 34.6 Å². The largest absolute Gasteiger partial charge is 0.446 e. The predicted octanol–water partition coefficient (Wildman–Crippen LogP) is 2.75. The fraction of sp³-hybridized carbons (Fsp3) is 0.438. The zero-order valence-electron chi connectivity index (χ0n) is 11.1. The van der Waals surface area contributed by atoms with E-state index in [0.717, 1.165) is 43.5 Å². The number of nitrogens with one attached hydrogen (secondary N) is 1. The van der Waals surface area contributed by atoms with E-state index in [4.69, 9.17) is 4.42 Å². The Morgan fingerprint density at radius 3 is 2.74 bits per heavy atom. The number of aromatic nitrogens is 1. The highest BCUT2D eigenvalue weighted by molar-refractivity contribution is 5.15. The van der Waals surface area contributed by atoms with E-state index in [9.17, 15) is 0 Å². The molecule has 3 rings (SSSR count). The van der Waals surface area contributed by atoms with Gasteiger partial charge < -0.3 is 9.73 Å². The molecule has 19 heavy (non-hydrogen) atoms. The highest BCUT2D eigenvalue weighted by Crippen LogP contribution is 2.18. The highest BCUT2D eigenvalue weighted by atomic mass is 16.4. The molecule has 0 amide bonds. The summed E-state index contributed by atoms with van der Waals surface area (Å²) >= 11 is 0. The molecule has 1 saturated carbocycles. The van der Waals surface area contributed by atoms with Crippen LogP contribution in [-0.2, 0) is 19.3 Å². The predicted molar refractivity (Wildman–Crippen MR) is 75.1 cm³/mol. The molecule has 3 heteroatoms. The lowest BCUT2D eigenvalue weighted by atomic mass is 10.1. The maximum absolute atomic E-state index is 5.76. The summed E-state index contributed by atoms with van der Waals surface area (Å²) in [5.41, 5.74) is 1.34. The smallest absolute Gasteiger partial charge is 0.195 e. The van der Waals surface area contributed by atoms with E-state index in [0.29, 0.717) is 0 Å². The van der Waals surface area contributed by atoms with Crippen LogP contribution < -0.4 is 5.32 Å². The average molecular weight is 256 g/mol. The third kappa shape index (κ3) is 3.93. The number of hydrogen-bond acceptors (Lipinski definition) is 3. The Balaban J connectivity index is 1.44. The molecule has 1 fully saturated rings. The van der Waals surface area contributed by atoms with Crippen LogP contribution in [0.15, 0.2) is 40.9 Å². The molecule has 1 aliphatic carbocycles. The van der Waals surface area contributed by atoms with Crippen molar-refractivity contribution in [3.63, 3.8) is 0 Å². The Morgan fingerprint density at radius 1 is 1.11 bits per heavy atom. The van der Waals surface area contributed by atoms with Gasteiger partial charge in [0.25, 0.3) is 0 Å². The van der Waals surface area contributed by atoms with E-state index in [1.54, 1.807) is 0 Å². The zero-order valence-corrected chi connectivity index (χ0v) is 11.1. The fourth-order valence-electron chi connectivity index (χ4n) is 2.16.